The van der Waals surface area contributed by atoms with Crippen molar-refractivity contribution < 1.29 is 13.9 Å². The highest BCUT2D eigenvalue weighted by Crippen LogP contribution is 2.32. The maximum absolute atomic E-state index is 13.8. The second kappa shape index (κ2) is 8.11. The molecule has 1 aliphatic heterocycles. The number of anilines is 2. The second-order valence-corrected chi connectivity index (χ2v) is 8.65. The summed E-state index contributed by atoms with van der Waals surface area (Å²) in [6, 6.07) is 12.2. The van der Waals surface area contributed by atoms with Crippen molar-refractivity contribution in [3.05, 3.63) is 54.5 Å². The van der Waals surface area contributed by atoms with Crippen molar-refractivity contribution >= 4 is 49.2 Å². The summed E-state index contributed by atoms with van der Waals surface area (Å²) in [6.45, 7) is 1.39. The van der Waals surface area contributed by atoms with E-state index in [9.17, 15) is 9.18 Å². The average molecular weight is 437 g/mol. The molecule has 8 heteroatoms. The van der Waals surface area contributed by atoms with Crippen molar-refractivity contribution in [3.8, 4) is 5.75 Å². The summed E-state index contributed by atoms with van der Waals surface area (Å²) in [5, 5.41) is 4.34. The summed E-state index contributed by atoms with van der Waals surface area (Å²) in [5.74, 6) is 0.255. The Balaban J connectivity index is 1.35. The van der Waals surface area contributed by atoms with E-state index in [1.807, 2.05) is 24.3 Å². The van der Waals surface area contributed by atoms with Crippen molar-refractivity contribution in [2.24, 2.45) is 5.92 Å². The van der Waals surface area contributed by atoms with Crippen LogP contribution in [-0.2, 0) is 4.79 Å². The van der Waals surface area contributed by atoms with Crippen LogP contribution < -0.4 is 15.0 Å². The molecule has 3 heterocycles. The first kappa shape index (κ1) is 19.7. The SMILES string of the molecule is COc1ccc2nc(NC(=O)C3CCCN(c4ccnc5ccc(F)cc45)C3)sc2c1. The number of amides is 1. The van der Waals surface area contributed by atoms with Crippen LogP contribution in [0.1, 0.15) is 12.8 Å². The maximum atomic E-state index is 13.8. The number of hydrogen-bond acceptors (Lipinski definition) is 6. The number of ether oxygens (including phenoxy) is 1. The molecule has 1 saturated heterocycles. The third-order valence-electron chi connectivity index (χ3n) is 5.64. The molecular formula is C23H21FN4O2S. The van der Waals surface area contributed by atoms with Gasteiger partial charge in [-0.3, -0.25) is 9.78 Å². The first-order valence-corrected chi connectivity index (χ1v) is 11.0. The number of benzene rings is 2. The zero-order chi connectivity index (χ0) is 21.4. The molecule has 0 saturated carbocycles. The largest absolute Gasteiger partial charge is 0.497 e. The van der Waals surface area contributed by atoms with Gasteiger partial charge in [-0.25, -0.2) is 9.37 Å². The van der Waals surface area contributed by atoms with Gasteiger partial charge in [-0.05, 0) is 55.3 Å². The van der Waals surface area contributed by atoms with Crippen molar-refractivity contribution in [3.63, 3.8) is 0 Å². The Bertz CT molecular complexity index is 1280. The molecule has 0 aliphatic carbocycles. The summed E-state index contributed by atoms with van der Waals surface area (Å²) in [6.07, 6.45) is 3.42. The Hall–Kier alpha value is -3.26. The van der Waals surface area contributed by atoms with Gasteiger partial charge in [-0.15, -0.1) is 0 Å². The molecule has 4 aromatic rings. The summed E-state index contributed by atoms with van der Waals surface area (Å²) in [4.78, 5) is 24.0. The Kier molecular flexibility index (Phi) is 5.15. The van der Waals surface area contributed by atoms with Crippen LogP contribution in [0.2, 0.25) is 0 Å². The average Bonchev–Trinajstić information content (AvgIpc) is 3.20. The number of rotatable bonds is 4. The van der Waals surface area contributed by atoms with Crippen LogP contribution in [0.4, 0.5) is 15.2 Å². The molecule has 1 fully saturated rings. The lowest BCUT2D eigenvalue weighted by Gasteiger charge is -2.34. The van der Waals surface area contributed by atoms with Gasteiger partial charge in [0.1, 0.15) is 11.6 Å². The van der Waals surface area contributed by atoms with E-state index in [1.54, 1.807) is 19.4 Å². The van der Waals surface area contributed by atoms with E-state index in [-0.39, 0.29) is 17.6 Å². The molecule has 1 unspecified atom stereocenters. The van der Waals surface area contributed by atoms with Gasteiger partial charge >= 0.3 is 0 Å². The molecule has 2 aromatic heterocycles. The summed E-state index contributed by atoms with van der Waals surface area (Å²) in [7, 11) is 1.63. The van der Waals surface area contributed by atoms with E-state index >= 15 is 0 Å². The van der Waals surface area contributed by atoms with Gasteiger partial charge < -0.3 is 15.0 Å². The number of piperidine rings is 1. The third kappa shape index (κ3) is 3.90. The highest BCUT2D eigenvalue weighted by atomic mass is 32.1. The first-order valence-electron chi connectivity index (χ1n) is 10.2. The zero-order valence-electron chi connectivity index (χ0n) is 17.0. The Morgan fingerprint density at radius 3 is 2.97 bits per heavy atom. The van der Waals surface area contributed by atoms with Crippen LogP contribution in [0.15, 0.2) is 48.7 Å². The number of aromatic nitrogens is 2. The van der Waals surface area contributed by atoms with Crippen LogP contribution in [0, 0.1) is 11.7 Å². The van der Waals surface area contributed by atoms with Crippen LogP contribution in [-0.4, -0.2) is 36.1 Å². The molecule has 1 amide bonds. The minimum Gasteiger partial charge on any atom is -0.497 e. The molecule has 158 valence electrons. The molecule has 2 aromatic carbocycles. The normalized spacial score (nSPS) is 16.6. The number of nitrogens with one attached hydrogen (secondary N) is 1. The minimum absolute atomic E-state index is 0.0414. The number of carbonyl (C=O) groups is 1. The Morgan fingerprint density at radius 2 is 2.10 bits per heavy atom. The highest BCUT2D eigenvalue weighted by Gasteiger charge is 2.27. The van der Waals surface area contributed by atoms with Gasteiger partial charge in [0.05, 0.1) is 28.8 Å². The second-order valence-electron chi connectivity index (χ2n) is 7.62. The molecule has 0 radical (unpaired) electrons. The minimum atomic E-state index is -0.291. The lowest BCUT2D eigenvalue weighted by Crippen LogP contribution is -2.40. The quantitative estimate of drug-likeness (QED) is 0.496. The monoisotopic (exact) mass is 436 g/mol. The van der Waals surface area contributed by atoms with E-state index in [0.29, 0.717) is 11.7 Å². The van der Waals surface area contributed by atoms with Crippen LogP contribution >= 0.6 is 11.3 Å². The molecule has 0 spiro atoms. The van der Waals surface area contributed by atoms with E-state index < -0.39 is 0 Å². The van der Waals surface area contributed by atoms with Crippen molar-refractivity contribution in [2.75, 3.05) is 30.4 Å². The predicted octanol–water partition coefficient (Wildman–Crippen LogP) is 4.85. The standard InChI is InChI=1S/C23H21FN4O2S/c1-30-16-5-7-19-21(12-16)31-23(26-19)27-22(29)14-3-2-10-28(13-14)20-8-9-25-18-6-4-15(24)11-17(18)20/h4-9,11-12,14H,2-3,10,13H2,1H3,(H,26,27,29). The summed E-state index contributed by atoms with van der Waals surface area (Å²) >= 11 is 1.43. The van der Waals surface area contributed by atoms with Gasteiger partial charge in [0.25, 0.3) is 0 Å². The molecule has 31 heavy (non-hydrogen) atoms. The Labute approximate surface area is 182 Å². The first-order chi connectivity index (χ1) is 15.1. The predicted molar refractivity (Wildman–Crippen MR) is 121 cm³/mol. The fourth-order valence-corrected chi connectivity index (χ4v) is 4.98. The van der Waals surface area contributed by atoms with E-state index in [2.05, 4.69) is 20.2 Å². The van der Waals surface area contributed by atoms with Crippen LogP contribution in [0.5, 0.6) is 5.75 Å². The molecule has 1 N–H and O–H groups in total. The number of methoxy groups -OCH3 is 1. The zero-order valence-corrected chi connectivity index (χ0v) is 17.8. The number of fused-ring (bicyclic) bond motifs is 2. The molecule has 6 nitrogen and oxygen atoms in total. The molecule has 0 bridgehead atoms. The fourth-order valence-electron chi connectivity index (χ4n) is 4.08. The number of carbonyl (C=O) groups excluding carboxylic acids is 1. The number of nitrogens with zero attached hydrogens (tertiary/aromatic N) is 3. The van der Waals surface area contributed by atoms with Crippen molar-refractivity contribution in [2.45, 2.75) is 12.8 Å². The fraction of sp³-hybridized carbons (Fsp3) is 0.261. The topological polar surface area (TPSA) is 67.3 Å². The molecule has 5 rings (SSSR count). The van der Waals surface area contributed by atoms with E-state index in [1.165, 1.54) is 23.5 Å². The van der Waals surface area contributed by atoms with Gasteiger partial charge in [0.15, 0.2) is 5.13 Å². The number of halogens is 1. The lowest BCUT2D eigenvalue weighted by atomic mass is 9.96. The summed E-state index contributed by atoms with van der Waals surface area (Å²) in [5.41, 5.74) is 2.49. The van der Waals surface area contributed by atoms with E-state index in [4.69, 9.17) is 4.74 Å². The Morgan fingerprint density at radius 1 is 1.23 bits per heavy atom. The number of thiazole rings is 1. The maximum Gasteiger partial charge on any atom is 0.231 e. The third-order valence-corrected chi connectivity index (χ3v) is 6.57. The molecule has 1 atom stereocenters. The van der Waals surface area contributed by atoms with Gasteiger partial charge in [0, 0.05) is 30.4 Å². The number of pyridine rings is 1. The smallest absolute Gasteiger partial charge is 0.231 e. The van der Waals surface area contributed by atoms with Crippen molar-refractivity contribution in [1.29, 1.82) is 0 Å². The van der Waals surface area contributed by atoms with Crippen LogP contribution in [0.3, 0.4) is 0 Å². The van der Waals surface area contributed by atoms with Gasteiger partial charge in [-0.1, -0.05) is 11.3 Å². The molecule has 1 aliphatic rings. The van der Waals surface area contributed by atoms with Gasteiger partial charge in [0.2, 0.25) is 5.91 Å². The number of hydrogen-bond donors (Lipinski definition) is 1. The highest BCUT2D eigenvalue weighted by molar-refractivity contribution is 7.22. The van der Waals surface area contributed by atoms with Crippen molar-refractivity contribution in [1.82, 2.24) is 9.97 Å². The van der Waals surface area contributed by atoms with E-state index in [0.717, 1.165) is 51.9 Å². The van der Waals surface area contributed by atoms with Gasteiger partial charge in [-0.2, -0.15) is 0 Å². The van der Waals surface area contributed by atoms with Crippen LogP contribution in [0.25, 0.3) is 21.1 Å². The molecular weight excluding hydrogens is 415 g/mol. The summed E-state index contributed by atoms with van der Waals surface area (Å²) < 4.78 is 20.1. The lowest BCUT2D eigenvalue weighted by molar-refractivity contribution is -0.120.